The molecule has 1 saturated carbocycles. The number of aromatic amines is 1. The summed E-state index contributed by atoms with van der Waals surface area (Å²) in [6.07, 6.45) is 6.33. The Morgan fingerprint density at radius 3 is 2.06 bits per heavy atom. The molecule has 2 amide bonds. The molecule has 178 valence electrons. The maximum Gasteiger partial charge on any atom is 0.246 e. The minimum absolute atomic E-state index is 0.109. The summed E-state index contributed by atoms with van der Waals surface area (Å²) >= 11 is 0. The lowest BCUT2D eigenvalue weighted by Gasteiger charge is -2.38. The number of hydrogen-bond donors (Lipinski definition) is 3. The largest absolute Gasteiger partial charge is 0.361 e. The zero-order valence-electron chi connectivity index (χ0n) is 19.8. The van der Waals surface area contributed by atoms with Gasteiger partial charge in [0.2, 0.25) is 11.8 Å². The first-order valence-corrected chi connectivity index (χ1v) is 12.4. The van der Waals surface area contributed by atoms with Crippen molar-refractivity contribution in [3.63, 3.8) is 0 Å². The van der Waals surface area contributed by atoms with Crippen LogP contribution in [0.4, 0.5) is 0 Å². The van der Waals surface area contributed by atoms with Crippen LogP contribution in [0.1, 0.15) is 54.8 Å². The summed E-state index contributed by atoms with van der Waals surface area (Å²) in [5.41, 5.74) is 3.08. The monoisotopic (exact) mass is 465 g/mol. The van der Waals surface area contributed by atoms with Gasteiger partial charge in [-0.25, -0.2) is 0 Å². The Morgan fingerprint density at radius 1 is 0.800 bits per heavy atom. The van der Waals surface area contributed by atoms with Crippen molar-refractivity contribution in [3.8, 4) is 0 Å². The molecule has 3 aromatic carbocycles. The lowest BCUT2D eigenvalue weighted by molar-refractivity contribution is -0.135. The number of carbonyl (C=O) groups excluding carboxylic acids is 2. The van der Waals surface area contributed by atoms with E-state index in [2.05, 4.69) is 15.6 Å². The summed E-state index contributed by atoms with van der Waals surface area (Å²) in [7, 11) is 0. The molecule has 0 bridgehead atoms. The highest BCUT2D eigenvalue weighted by Gasteiger charge is 2.41. The summed E-state index contributed by atoms with van der Waals surface area (Å²) in [5, 5.41) is 7.51. The van der Waals surface area contributed by atoms with Gasteiger partial charge in [-0.15, -0.1) is 0 Å². The Morgan fingerprint density at radius 2 is 1.40 bits per heavy atom. The van der Waals surface area contributed by atoms with Crippen LogP contribution in [0.2, 0.25) is 0 Å². The van der Waals surface area contributed by atoms with Crippen molar-refractivity contribution in [2.45, 2.75) is 50.1 Å². The van der Waals surface area contributed by atoms with Crippen molar-refractivity contribution in [2.24, 2.45) is 0 Å². The van der Waals surface area contributed by atoms with Crippen LogP contribution in [-0.4, -0.2) is 22.3 Å². The summed E-state index contributed by atoms with van der Waals surface area (Å²) in [6, 6.07) is 27.7. The maximum absolute atomic E-state index is 13.9. The van der Waals surface area contributed by atoms with Gasteiger partial charge in [-0.2, -0.15) is 0 Å². The van der Waals surface area contributed by atoms with Crippen molar-refractivity contribution in [3.05, 3.63) is 108 Å². The van der Waals surface area contributed by atoms with Crippen LogP contribution in [0.5, 0.6) is 0 Å². The third-order valence-corrected chi connectivity index (χ3v) is 7.09. The molecule has 1 aliphatic rings. The van der Waals surface area contributed by atoms with Gasteiger partial charge in [-0.05, 0) is 35.6 Å². The molecule has 0 spiro atoms. The standard InChI is InChI=1S/C30H31N3O2/c34-27(20-24-21-31-26-17-9-8-16-25(24)26)33-30(18-10-3-11-19-30)29(35)32-28(22-12-4-1-5-13-22)23-14-6-2-7-15-23/h1-2,4-9,12-17,21,28,31H,3,10-11,18-20H2,(H,32,35)(H,33,34). The van der Waals surface area contributed by atoms with Crippen LogP contribution in [0.25, 0.3) is 10.9 Å². The first-order valence-electron chi connectivity index (χ1n) is 12.4. The van der Waals surface area contributed by atoms with Crippen LogP contribution in [0.3, 0.4) is 0 Å². The Balaban J connectivity index is 1.38. The van der Waals surface area contributed by atoms with Crippen LogP contribution in [0.15, 0.2) is 91.1 Å². The predicted octanol–water partition coefficient (Wildman–Crippen LogP) is 5.44. The van der Waals surface area contributed by atoms with E-state index in [1.165, 1.54) is 0 Å². The fourth-order valence-electron chi connectivity index (χ4n) is 5.25. The van der Waals surface area contributed by atoms with E-state index in [4.69, 9.17) is 0 Å². The number of benzene rings is 3. The normalized spacial score (nSPS) is 15.1. The molecular weight excluding hydrogens is 434 g/mol. The van der Waals surface area contributed by atoms with E-state index < -0.39 is 5.54 Å². The van der Waals surface area contributed by atoms with Crippen LogP contribution in [0, 0.1) is 0 Å². The van der Waals surface area contributed by atoms with Crippen molar-refractivity contribution in [1.82, 2.24) is 15.6 Å². The van der Waals surface area contributed by atoms with Crippen molar-refractivity contribution < 1.29 is 9.59 Å². The molecule has 0 radical (unpaired) electrons. The van der Waals surface area contributed by atoms with E-state index in [0.717, 1.165) is 46.9 Å². The number of fused-ring (bicyclic) bond motifs is 1. The van der Waals surface area contributed by atoms with Crippen molar-refractivity contribution >= 4 is 22.7 Å². The molecule has 5 heteroatoms. The van der Waals surface area contributed by atoms with E-state index in [-0.39, 0.29) is 24.3 Å². The molecule has 0 aliphatic heterocycles. The van der Waals surface area contributed by atoms with E-state index in [0.29, 0.717) is 12.8 Å². The summed E-state index contributed by atoms with van der Waals surface area (Å²) < 4.78 is 0. The molecule has 0 atom stereocenters. The number of carbonyl (C=O) groups is 2. The molecule has 1 fully saturated rings. The Hall–Kier alpha value is -3.86. The summed E-state index contributed by atoms with van der Waals surface area (Å²) in [5.74, 6) is -0.232. The number of hydrogen-bond acceptors (Lipinski definition) is 2. The van der Waals surface area contributed by atoms with E-state index in [1.807, 2.05) is 91.1 Å². The third-order valence-electron chi connectivity index (χ3n) is 7.09. The highest BCUT2D eigenvalue weighted by molar-refractivity contribution is 5.94. The molecule has 1 heterocycles. The first-order chi connectivity index (χ1) is 17.1. The zero-order valence-corrected chi connectivity index (χ0v) is 19.8. The van der Waals surface area contributed by atoms with Crippen LogP contribution < -0.4 is 10.6 Å². The van der Waals surface area contributed by atoms with Crippen LogP contribution >= 0.6 is 0 Å². The lowest BCUT2D eigenvalue weighted by atomic mass is 9.80. The molecule has 1 aromatic heterocycles. The molecule has 3 N–H and O–H groups in total. The van der Waals surface area contributed by atoms with Gasteiger partial charge in [0, 0.05) is 17.1 Å². The fourth-order valence-corrected chi connectivity index (χ4v) is 5.25. The number of amides is 2. The second kappa shape index (κ2) is 10.2. The van der Waals surface area contributed by atoms with E-state index in [9.17, 15) is 9.59 Å². The minimum Gasteiger partial charge on any atom is -0.361 e. The molecule has 0 unspecified atom stereocenters. The molecule has 1 aliphatic carbocycles. The highest BCUT2D eigenvalue weighted by Crippen LogP contribution is 2.31. The smallest absolute Gasteiger partial charge is 0.246 e. The number of H-pyrrole nitrogens is 1. The zero-order chi connectivity index (χ0) is 24.1. The van der Waals surface area contributed by atoms with Gasteiger partial charge in [-0.3, -0.25) is 9.59 Å². The van der Waals surface area contributed by atoms with Gasteiger partial charge in [0.15, 0.2) is 0 Å². The molecule has 5 rings (SSSR count). The van der Waals surface area contributed by atoms with E-state index in [1.54, 1.807) is 0 Å². The van der Waals surface area contributed by atoms with E-state index >= 15 is 0 Å². The molecular formula is C30H31N3O2. The highest BCUT2D eigenvalue weighted by atomic mass is 16.2. The second-order valence-corrected chi connectivity index (χ2v) is 9.46. The van der Waals surface area contributed by atoms with Crippen LogP contribution in [-0.2, 0) is 16.0 Å². The van der Waals surface area contributed by atoms with Gasteiger partial charge < -0.3 is 15.6 Å². The van der Waals surface area contributed by atoms with Gasteiger partial charge in [0.25, 0.3) is 0 Å². The lowest BCUT2D eigenvalue weighted by Crippen LogP contribution is -2.60. The van der Waals surface area contributed by atoms with Crippen molar-refractivity contribution in [2.75, 3.05) is 0 Å². The maximum atomic E-state index is 13.9. The second-order valence-electron chi connectivity index (χ2n) is 9.46. The Kier molecular flexibility index (Phi) is 6.66. The number of rotatable bonds is 7. The average molecular weight is 466 g/mol. The van der Waals surface area contributed by atoms with Gasteiger partial charge in [0.05, 0.1) is 12.5 Å². The number of aromatic nitrogens is 1. The average Bonchev–Trinajstić information content (AvgIpc) is 3.31. The first kappa shape index (κ1) is 22.9. The summed E-state index contributed by atoms with van der Waals surface area (Å²) in [6.45, 7) is 0. The van der Waals surface area contributed by atoms with Gasteiger partial charge in [0.1, 0.15) is 5.54 Å². The van der Waals surface area contributed by atoms with Crippen molar-refractivity contribution in [1.29, 1.82) is 0 Å². The molecule has 4 aromatic rings. The fraction of sp³-hybridized carbons (Fsp3) is 0.267. The third kappa shape index (κ3) is 4.99. The minimum atomic E-state index is -0.900. The Labute approximate surface area is 206 Å². The molecule has 35 heavy (non-hydrogen) atoms. The molecule has 0 saturated heterocycles. The summed E-state index contributed by atoms with van der Waals surface area (Å²) in [4.78, 5) is 30.4. The molecule has 5 nitrogen and oxygen atoms in total. The topological polar surface area (TPSA) is 74.0 Å². The SMILES string of the molecule is O=C(Cc1c[nH]c2ccccc12)NC1(C(=O)NC(c2ccccc2)c2ccccc2)CCCCC1. The number of para-hydroxylation sites is 1. The quantitative estimate of drug-likeness (QED) is 0.340. The van der Waals surface area contributed by atoms with Gasteiger partial charge >= 0.3 is 0 Å². The predicted molar refractivity (Wildman–Crippen MR) is 139 cm³/mol. The number of nitrogens with one attached hydrogen (secondary N) is 3. The van der Waals surface area contributed by atoms with Gasteiger partial charge in [-0.1, -0.05) is 98.1 Å². The Bertz CT molecular complexity index is 1250.